The van der Waals surface area contributed by atoms with Crippen LogP contribution in [0.5, 0.6) is 0 Å². The van der Waals surface area contributed by atoms with Crippen molar-refractivity contribution in [2.75, 3.05) is 44.2 Å². The molecule has 4 rings (SSSR count). The monoisotopic (exact) mass is 432 g/mol. The van der Waals surface area contributed by atoms with Gasteiger partial charge in [-0.1, -0.05) is 18.2 Å². The van der Waals surface area contributed by atoms with Gasteiger partial charge < -0.3 is 19.5 Å². The Morgan fingerprint density at radius 3 is 2.67 bits per heavy atom. The zero-order chi connectivity index (χ0) is 21.3. The van der Waals surface area contributed by atoms with Gasteiger partial charge in [-0.15, -0.1) is 11.8 Å². The molecule has 0 aromatic heterocycles. The minimum atomic E-state index is -0.984. The number of hydrogen-bond donors (Lipinski definition) is 1. The number of carbonyl (C=O) groups is 2. The molecule has 2 heterocycles. The SMILES string of the molecule is COC(=O)c1cc(F)c(-c2cccc3c2SCN(C(=O)O)C3)cc1N1CCOCC1. The van der Waals surface area contributed by atoms with Crippen LogP contribution in [0, 0.1) is 5.82 Å². The number of methoxy groups -OCH3 is 1. The van der Waals surface area contributed by atoms with Crippen molar-refractivity contribution in [2.24, 2.45) is 0 Å². The lowest BCUT2D eigenvalue weighted by Crippen LogP contribution is -2.37. The molecule has 30 heavy (non-hydrogen) atoms. The summed E-state index contributed by atoms with van der Waals surface area (Å²) in [7, 11) is 1.27. The van der Waals surface area contributed by atoms with Crippen LogP contribution in [0.3, 0.4) is 0 Å². The third-order valence-corrected chi connectivity index (χ3v) is 6.44. The summed E-state index contributed by atoms with van der Waals surface area (Å²) in [6.07, 6.45) is -0.984. The van der Waals surface area contributed by atoms with Gasteiger partial charge in [0.15, 0.2) is 0 Å². The zero-order valence-electron chi connectivity index (χ0n) is 16.4. The van der Waals surface area contributed by atoms with E-state index in [4.69, 9.17) is 9.47 Å². The molecule has 0 bridgehead atoms. The standard InChI is InChI=1S/C21H21FN2O5S/c1-28-20(25)16-9-17(22)15(10-18(16)23-5-7-29-8-6-23)14-4-2-3-13-11-24(21(26)27)12-30-19(13)14/h2-4,9-10H,5-8,11-12H2,1H3,(H,26,27). The van der Waals surface area contributed by atoms with E-state index >= 15 is 4.39 Å². The number of nitrogens with zero attached hydrogens (tertiary/aromatic N) is 2. The van der Waals surface area contributed by atoms with Crippen LogP contribution in [0.2, 0.25) is 0 Å². The van der Waals surface area contributed by atoms with Gasteiger partial charge in [0.2, 0.25) is 0 Å². The molecule has 1 saturated heterocycles. The number of rotatable bonds is 3. The quantitative estimate of drug-likeness (QED) is 0.742. The summed E-state index contributed by atoms with van der Waals surface area (Å²) >= 11 is 1.36. The Kier molecular flexibility index (Phi) is 5.83. The molecule has 0 spiro atoms. The molecule has 0 atom stereocenters. The maximum atomic E-state index is 15.2. The van der Waals surface area contributed by atoms with Gasteiger partial charge in [-0.3, -0.25) is 4.90 Å². The van der Waals surface area contributed by atoms with Crippen molar-refractivity contribution in [3.8, 4) is 11.1 Å². The van der Waals surface area contributed by atoms with Crippen LogP contribution in [0.15, 0.2) is 35.2 Å². The number of morpholine rings is 1. The third-order valence-electron chi connectivity index (χ3n) is 5.23. The number of anilines is 1. The number of carbonyl (C=O) groups excluding carboxylic acids is 1. The van der Waals surface area contributed by atoms with Crippen molar-refractivity contribution < 1.29 is 28.6 Å². The van der Waals surface area contributed by atoms with Gasteiger partial charge in [-0.2, -0.15) is 0 Å². The normalized spacial score (nSPS) is 16.2. The van der Waals surface area contributed by atoms with Crippen molar-refractivity contribution in [3.63, 3.8) is 0 Å². The topological polar surface area (TPSA) is 79.3 Å². The van der Waals surface area contributed by atoms with E-state index in [0.29, 0.717) is 43.1 Å². The highest BCUT2D eigenvalue weighted by Gasteiger charge is 2.27. The Labute approximate surface area is 177 Å². The number of amides is 1. The average molecular weight is 432 g/mol. The number of esters is 1. The van der Waals surface area contributed by atoms with Gasteiger partial charge >= 0.3 is 12.1 Å². The van der Waals surface area contributed by atoms with Crippen LogP contribution in [-0.4, -0.2) is 61.4 Å². The first-order valence-electron chi connectivity index (χ1n) is 9.47. The van der Waals surface area contributed by atoms with E-state index in [1.807, 2.05) is 17.0 Å². The second kappa shape index (κ2) is 8.53. The lowest BCUT2D eigenvalue weighted by atomic mass is 9.98. The van der Waals surface area contributed by atoms with Gasteiger partial charge in [-0.25, -0.2) is 14.0 Å². The second-order valence-electron chi connectivity index (χ2n) is 6.99. The van der Waals surface area contributed by atoms with Crippen LogP contribution in [0.25, 0.3) is 11.1 Å². The minimum absolute atomic E-state index is 0.176. The van der Waals surface area contributed by atoms with Crippen molar-refractivity contribution in [2.45, 2.75) is 11.4 Å². The van der Waals surface area contributed by atoms with E-state index in [9.17, 15) is 14.7 Å². The van der Waals surface area contributed by atoms with Gasteiger partial charge in [0.25, 0.3) is 0 Å². The summed E-state index contributed by atoms with van der Waals surface area (Å²) in [4.78, 5) is 27.8. The molecule has 158 valence electrons. The van der Waals surface area contributed by atoms with Crippen LogP contribution in [0.1, 0.15) is 15.9 Å². The highest BCUT2D eigenvalue weighted by molar-refractivity contribution is 7.99. The molecule has 1 fully saturated rings. The molecular formula is C21H21FN2O5S. The number of fused-ring (bicyclic) bond motifs is 1. The molecule has 1 amide bonds. The average Bonchev–Trinajstić information content (AvgIpc) is 2.78. The van der Waals surface area contributed by atoms with Crippen LogP contribution in [0.4, 0.5) is 14.9 Å². The molecule has 2 aliphatic heterocycles. The molecule has 0 unspecified atom stereocenters. The lowest BCUT2D eigenvalue weighted by Gasteiger charge is -2.31. The number of ether oxygens (including phenoxy) is 2. The predicted octanol–water partition coefficient (Wildman–Crippen LogP) is 3.66. The van der Waals surface area contributed by atoms with E-state index in [0.717, 1.165) is 10.5 Å². The van der Waals surface area contributed by atoms with Gasteiger partial charge in [0.05, 0.1) is 44.0 Å². The highest BCUT2D eigenvalue weighted by atomic mass is 32.2. The third kappa shape index (κ3) is 3.82. The molecule has 0 radical (unpaired) electrons. The maximum absolute atomic E-state index is 15.2. The summed E-state index contributed by atoms with van der Waals surface area (Å²) in [5.41, 5.74) is 2.67. The largest absolute Gasteiger partial charge is 0.465 e. The first-order chi connectivity index (χ1) is 14.5. The van der Waals surface area contributed by atoms with Crippen LogP contribution >= 0.6 is 11.8 Å². The number of halogens is 1. The lowest BCUT2D eigenvalue weighted by molar-refractivity contribution is 0.0599. The molecule has 1 N–H and O–H groups in total. The fourth-order valence-corrected chi connectivity index (χ4v) is 4.85. The molecule has 7 nitrogen and oxygen atoms in total. The molecule has 9 heteroatoms. The van der Waals surface area contributed by atoms with Crippen LogP contribution < -0.4 is 4.90 Å². The van der Waals surface area contributed by atoms with E-state index in [1.54, 1.807) is 12.1 Å². The first kappa shape index (κ1) is 20.5. The van der Waals surface area contributed by atoms with Gasteiger partial charge in [0, 0.05) is 23.5 Å². The maximum Gasteiger partial charge on any atom is 0.408 e. The number of carboxylic acid groups (broad SMARTS) is 1. The van der Waals surface area contributed by atoms with Gasteiger partial charge in [-0.05, 0) is 23.3 Å². The zero-order valence-corrected chi connectivity index (χ0v) is 17.2. The fourth-order valence-electron chi connectivity index (χ4n) is 3.72. The van der Waals surface area contributed by atoms with Crippen molar-refractivity contribution in [1.29, 1.82) is 0 Å². The summed E-state index contributed by atoms with van der Waals surface area (Å²) in [5.74, 6) is -0.845. The molecule has 2 aromatic rings. The van der Waals surface area contributed by atoms with E-state index in [1.165, 1.54) is 29.8 Å². The van der Waals surface area contributed by atoms with Crippen molar-refractivity contribution in [1.82, 2.24) is 4.90 Å². The Morgan fingerprint density at radius 1 is 1.20 bits per heavy atom. The molecule has 2 aromatic carbocycles. The van der Waals surface area contributed by atoms with Crippen molar-refractivity contribution in [3.05, 3.63) is 47.3 Å². The van der Waals surface area contributed by atoms with Crippen LogP contribution in [-0.2, 0) is 16.0 Å². The predicted molar refractivity (Wildman–Crippen MR) is 110 cm³/mol. The number of hydrogen-bond acceptors (Lipinski definition) is 6. The smallest absolute Gasteiger partial charge is 0.408 e. The van der Waals surface area contributed by atoms with Gasteiger partial charge in [0.1, 0.15) is 5.82 Å². The summed E-state index contributed by atoms with van der Waals surface area (Å²) in [5, 5.41) is 9.27. The Balaban J connectivity index is 1.81. The highest BCUT2D eigenvalue weighted by Crippen LogP contribution is 2.41. The summed E-state index contributed by atoms with van der Waals surface area (Å²) < 4.78 is 25.5. The minimum Gasteiger partial charge on any atom is -0.465 e. The summed E-state index contributed by atoms with van der Waals surface area (Å²) in [6, 6.07) is 8.38. The van der Waals surface area contributed by atoms with Crippen molar-refractivity contribution >= 4 is 29.5 Å². The Bertz CT molecular complexity index is 994. The fraction of sp³-hybridized carbons (Fsp3) is 0.333. The van der Waals surface area contributed by atoms with E-state index < -0.39 is 17.9 Å². The molecular weight excluding hydrogens is 411 g/mol. The molecule has 2 aliphatic rings. The second-order valence-corrected chi connectivity index (χ2v) is 7.94. The molecule has 0 saturated carbocycles. The summed E-state index contributed by atoms with van der Waals surface area (Å²) in [6.45, 7) is 2.47. The van der Waals surface area contributed by atoms with E-state index in [2.05, 4.69) is 0 Å². The first-order valence-corrected chi connectivity index (χ1v) is 10.5. The molecule has 0 aliphatic carbocycles. The number of thioether (sulfide) groups is 1. The Hall–Kier alpha value is -2.78. The Morgan fingerprint density at radius 2 is 1.97 bits per heavy atom. The number of benzene rings is 2. The van der Waals surface area contributed by atoms with E-state index in [-0.39, 0.29) is 18.0 Å².